The Hall–Kier alpha value is -4.50. The second kappa shape index (κ2) is 9.63. The smallest absolute Gasteiger partial charge is 0.301 e. The van der Waals surface area contributed by atoms with Crippen LogP contribution in [0.2, 0.25) is 0 Å². The molecular weight excluding hydrogens is 478 g/mol. The number of Topliss-reactive ketones (excluding diaryl/α,β-unsaturated/α-hetero) is 1. The summed E-state index contributed by atoms with van der Waals surface area (Å²) >= 11 is 1.19. The van der Waals surface area contributed by atoms with E-state index < -0.39 is 17.7 Å². The van der Waals surface area contributed by atoms with Crippen LogP contribution in [0.25, 0.3) is 5.76 Å². The molecule has 8 nitrogen and oxygen atoms in total. The molecule has 0 saturated carbocycles. The number of aliphatic hydroxyl groups is 1. The SMILES string of the molecule is COc1ccc(/C(O)=C2\C(=O)C(=O)N(c3nnc(C)s3)C2c2cccc(Oc3ccccc3)c2)cc1. The number of ketones is 1. The van der Waals surface area contributed by atoms with E-state index in [0.717, 1.165) is 0 Å². The Balaban J connectivity index is 1.64. The fraction of sp³-hybridized carbons (Fsp3) is 0.111. The minimum absolute atomic E-state index is 0.0464. The number of ether oxygens (including phenoxy) is 2. The number of nitrogens with zero attached hydrogens (tertiary/aromatic N) is 3. The summed E-state index contributed by atoms with van der Waals surface area (Å²) in [6, 6.07) is 22.0. The molecule has 2 heterocycles. The molecule has 1 fully saturated rings. The molecule has 1 amide bonds. The molecule has 1 unspecified atom stereocenters. The van der Waals surface area contributed by atoms with E-state index >= 15 is 0 Å². The highest BCUT2D eigenvalue weighted by Gasteiger charge is 2.48. The summed E-state index contributed by atoms with van der Waals surface area (Å²) in [5, 5.41) is 20.3. The van der Waals surface area contributed by atoms with Crippen LogP contribution in [0.15, 0.2) is 84.4 Å². The first-order valence-corrected chi connectivity index (χ1v) is 11.9. The van der Waals surface area contributed by atoms with Crippen LogP contribution < -0.4 is 14.4 Å². The van der Waals surface area contributed by atoms with Gasteiger partial charge in [-0.2, -0.15) is 0 Å². The van der Waals surface area contributed by atoms with Crippen LogP contribution in [0.1, 0.15) is 22.2 Å². The van der Waals surface area contributed by atoms with Crippen LogP contribution in [0.5, 0.6) is 17.2 Å². The zero-order valence-corrected chi connectivity index (χ0v) is 20.2. The summed E-state index contributed by atoms with van der Waals surface area (Å²) in [7, 11) is 1.54. The van der Waals surface area contributed by atoms with Crippen molar-refractivity contribution in [2.45, 2.75) is 13.0 Å². The van der Waals surface area contributed by atoms with Crippen molar-refractivity contribution in [3.8, 4) is 17.2 Å². The summed E-state index contributed by atoms with van der Waals surface area (Å²) in [4.78, 5) is 27.8. The third-order valence-electron chi connectivity index (χ3n) is 5.68. The van der Waals surface area contributed by atoms with Gasteiger partial charge in [-0.15, -0.1) is 10.2 Å². The maximum atomic E-state index is 13.3. The highest BCUT2D eigenvalue weighted by Crippen LogP contribution is 2.43. The second-order valence-electron chi connectivity index (χ2n) is 7.99. The normalized spacial score (nSPS) is 16.8. The van der Waals surface area contributed by atoms with Gasteiger partial charge in [0.25, 0.3) is 5.78 Å². The number of carbonyl (C=O) groups is 2. The molecule has 1 aliphatic rings. The zero-order chi connectivity index (χ0) is 25.2. The van der Waals surface area contributed by atoms with Crippen LogP contribution in [0.4, 0.5) is 5.13 Å². The van der Waals surface area contributed by atoms with Crippen molar-refractivity contribution in [2.75, 3.05) is 12.0 Å². The van der Waals surface area contributed by atoms with Crippen molar-refractivity contribution < 1.29 is 24.2 Å². The number of para-hydroxylation sites is 1. The van der Waals surface area contributed by atoms with Gasteiger partial charge in [0.2, 0.25) is 5.13 Å². The van der Waals surface area contributed by atoms with Crippen molar-refractivity contribution in [1.29, 1.82) is 0 Å². The van der Waals surface area contributed by atoms with Gasteiger partial charge in [0.05, 0.1) is 18.7 Å². The quantitative estimate of drug-likeness (QED) is 0.219. The van der Waals surface area contributed by atoms with E-state index in [9.17, 15) is 14.7 Å². The highest BCUT2D eigenvalue weighted by molar-refractivity contribution is 7.15. The Labute approximate surface area is 211 Å². The maximum Gasteiger partial charge on any atom is 0.301 e. The molecule has 0 radical (unpaired) electrons. The standard InChI is InChI=1S/C27H21N3O5S/c1-16-28-29-27(36-16)30-23(18-7-6-10-21(15-18)35-20-8-4-3-5-9-20)22(25(32)26(30)33)24(31)17-11-13-19(34-2)14-12-17/h3-15,23,31H,1-2H3/b24-22+. The Kier molecular flexibility index (Phi) is 6.22. The number of rotatable bonds is 6. The van der Waals surface area contributed by atoms with Crippen LogP contribution in [-0.2, 0) is 9.59 Å². The molecule has 180 valence electrons. The lowest BCUT2D eigenvalue weighted by atomic mass is 9.95. The Morgan fingerprint density at radius 1 is 0.917 bits per heavy atom. The minimum Gasteiger partial charge on any atom is -0.507 e. The number of amides is 1. The number of hydrogen-bond donors (Lipinski definition) is 1. The van der Waals surface area contributed by atoms with Gasteiger partial charge in [-0.3, -0.25) is 14.5 Å². The van der Waals surface area contributed by atoms with Crippen molar-refractivity contribution >= 4 is 33.9 Å². The molecule has 4 aromatic rings. The summed E-state index contributed by atoms with van der Waals surface area (Å²) < 4.78 is 11.2. The van der Waals surface area contributed by atoms with Crippen LogP contribution in [-0.4, -0.2) is 34.1 Å². The van der Waals surface area contributed by atoms with Crippen molar-refractivity contribution in [2.24, 2.45) is 0 Å². The number of aromatic nitrogens is 2. The molecule has 9 heteroatoms. The van der Waals surface area contributed by atoms with E-state index in [1.54, 1.807) is 55.5 Å². The van der Waals surface area contributed by atoms with Gasteiger partial charge in [0.1, 0.15) is 28.0 Å². The summed E-state index contributed by atoms with van der Waals surface area (Å²) in [6.45, 7) is 1.76. The summed E-state index contributed by atoms with van der Waals surface area (Å²) in [5.41, 5.74) is 0.907. The lowest BCUT2D eigenvalue weighted by Crippen LogP contribution is -2.29. The molecule has 1 saturated heterocycles. The number of hydrogen-bond acceptors (Lipinski definition) is 8. The molecule has 5 rings (SSSR count). The Morgan fingerprint density at radius 3 is 2.31 bits per heavy atom. The molecule has 0 spiro atoms. The molecule has 1 aromatic heterocycles. The van der Waals surface area contributed by atoms with Crippen LogP contribution in [0, 0.1) is 6.92 Å². The lowest BCUT2D eigenvalue weighted by molar-refractivity contribution is -0.132. The average molecular weight is 500 g/mol. The first kappa shape index (κ1) is 23.3. The van der Waals surface area contributed by atoms with Gasteiger partial charge in [0.15, 0.2) is 0 Å². The third kappa shape index (κ3) is 4.32. The van der Waals surface area contributed by atoms with E-state index in [0.29, 0.717) is 33.4 Å². The second-order valence-corrected chi connectivity index (χ2v) is 9.15. The Morgan fingerprint density at radius 2 is 1.64 bits per heavy atom. The van der Waals surface area contributed by atoms with E-state index in [1.165, 1.54) is 23.3 Å². The fourth-order valence-corrected chi connectivity index (χ4v) is 4.72. The van der Waals surface area contributed by atoms with E-state index in [2.05, 4.69) is 10.2 Å². The molecule has 0 bridgehead atoms. The monoisotopic (exact) mass is 499 g/mol. The molecule has 1 atom stereocenters. The number of methoxy groups -OCH3 is 1. The first-order chi connectivity index (χ1) is 17.5. The fourth-order valence-electron chi connectivity index (χ4n) is 4.01. The molecular formula is C27H21N3O5S. The minimum atomic E-state index is -0.932. The molecule has 3 aromatic carbocycles. The number of anilines is 1. The number of benzene rings is 3. The predicted molar refractivity (Wildman–Crippen MR) is 135 cm³/mol. The highest BCUT2D eigenvalue weighted by atomic mass is 32.1. The predicted octanol–water partition coefficient (Wildman–Crippen LogP) is 5.27. The van der Waals surface area contributed by atoms with Crippen LogP contribution in [0.3, 0.4) is 0 Å². The van der Waals surface area contributed by atoms with E-state index in [-0.39, 0.29) is 16.5 Å². The van der Waals surface area contributed by atoms with Gasteiger partial charge in [-0.1, -0.05) is 41.7 Å². The first-order valence-electron chi connectivity index (χ1n) is 11.0. The van der Waals surface area contributed by atoms with Gasteiger partial charge in [-0.25, -0.2) is 0 Å². The zero-order valence-electron chi connectivity index (χ0n) is 19.4. The maximum absolute atomic E-state index is 13.3. The van der Waals surface area contributed by atoms with Crippen LogP contribution >= 0.6 is 11.3 Å². The van der Waals surface area contributed by atoms with E-state index in [4.69, 9.17) is 9.47 Å². The summed E-state index contributed by atoms with van der Waals surface area (Å²) in [5.74, 6) is -0.141. The van der Waals surface area contributed by atoms with Gasteiger partial charge in [-0.05, 0) is 61.0 Å². The van der Waals surface area contributed by atoms with Crippen molar-refractivity contribution in [3.05, 3.63) is 101 Å². The van der Waals surface area contributed by atoms with Crippen molar-refractivity contribution in [3.63, 3.8) is 0 Å². The third-order valence-corrected chi connectivity index (χ3v) is 6.52. The topological polar surface area (TPSA) is 102 Å². The molecule has 0 aliphatic carbocycles. The van der Waals surface area contributed by atoms with Gasteiger partial charge < -0.3 is 14.6 Å². The summed E-state index contributed by atoms with van der Waals surface area (Å²) in [6.07, 6.45) is 0. The van der Waals surface area contributed by atoms with Gasteiger partial charge >= 0.3 is 5.91 Å². The van der Waals surface area contributed by atoms with Gasteiger partial charge in [0, 0.05) is 5.56 Å². The molecule has 1 aliphatic heterocycles. The average Bonchev–Trinajstić information content (AvgIpc) is 3.44. The Bertz CT molecular complexity index is 1460. The number of carbonyl (C=O) groups excluding carboxylic acids is 2. The lowest BCUT2D eigenvalue weighted by Gasteiger charge is -2.23. The molecule has 36 heavy (non-hydrogen) atoms. The number of aliphatic hydroxyl groups excluding tert-OH is 1. The largest absolute Gasteiger partial charge is 0.507 e. The van der Waals surface area contributed by atoms with E-state index in [1.807, 2.05) is 30.3 Å². The number of aryl methyl sites for hydroxylation is 1. The van der Waals surface area contributed by atoms with Crippen molar-refractivity contribution in [1.82, 2.24) is 10.2 Å². The molecule has 1 N–H and O–H groups in total.